The molecule has 0 fully saturated rings. The van der Waals surface area contributed by atoms with Gasteiger partial charge >= 0.3 is 0 Å². The van der Waals surface area contributed by atoms with Crippen LogP contribution >= 0.6 is 0 Å². The van der Waals surface area contributed by atoms with Gasteiger partial charge in [-0.15, -0.1) is 0 Å². The minimum Gasteiger partial charge on any atom is -0.313 e. The van der Waals surface area contributed by atoms with Gasteiger partial charge in [-0.3, -0.25) is 4.79 Å². The number of nitrogens with one attached hydrogen (secondary N) is 1. The highest BCUT2D eigenvalue weighted by atomic mass is 16.1. The van der Waals surface area contributed by atoms with Gasteiger partial charge in [-0.05, 0) is 35.7 Å². The van der Waals surface area contributed by atoms with Gasteiger partial charge in [-0.2, -0.15) is 0 Å². The summed E-state index contributed by atoms with van der Waals surface area (Å²) >= 11 is 0. The van der Waals surface area contributed by atoms with E-state index >= 15 is 0 Å². The Balaban J connectivity index is 2.51. The summed E-state index contributed by atoms with van der Waals surface area (Å²) in [5, 5.41) is 2.91. The van der Waals surface area contributed by atoms with Gasteiger partial charge in [-0.25, -0.2) is 0 Å². The number of rotatable bonds is 5. The van der Waals surface area contributed by atoms with Crippen molar-refractivity contribution in [3.05, 3.63) is 59.7 Å². The van der Waals surface area contributed by atoms with Crippen LogP contribution in [0.3, 0.4) is 0 Å². The summed E-state index contributed by atoms with van der Waals surface area (Å²) in [6.45, 7) is 4.73. The lowest BCUT2D eigenvalue weighted by Gasteiger charge is -2.14. The number of Topliss-reactive ketones (excluding diaryl/α,β-unsaturated/α-hetero) is 1. The highest BCUT2D eigenvalue weighted by Crippen LogP contribution is 2.30. The molecule has 0 spiro atoms. The van der Waals surface area contributed by atoms with Crippen molar-refractivity contribution >= 4 is 5.78 Å². The highest BCUT2D eigenvalue weighted by Gasteiger charge is 2.12. The van der Waals surface area contributed by atoms with Gasteiger partial charge in [0, 0.05) is 5.56 Å². The average Bonchev–Trinajstić information content (AvgIpc) is 2.47. The predicted molar refractivity (Wildman–Crippen MR) is 84.2 cm³/mol. The Bertz CT molecular complexity index is 588. The number of likely N-dealkylation sites (N-methyl/N-ethyl adjacent to an activating group) is 1. The Kier molecular flexibility index (Phi) is 4.70. The standard InChI is InChI=1S/C18H21NO/c1-13(2)16-10-9-15(18(20)12-19-3)11-17(16)14-7-5-4-6-8-14/h4-11,13,19H,12H2,1-3H3. The average molecular weight is 267 g/mol. The second kappa shape index (κ2) is 6.49. The zero-order chi connectivity index (χ0) is 14.5. The smallest absolute Gasteiger partial charge is 0.176 e. The number of carbonyl (C=O) groups is 1. The van der Waals surface area contributed by atoms with Crippen molar-refractivity contribution in [2.75, 3.05) is 13.6 Å². The van der Waals surface area contributed by atoms with Crippen molar-refractivity contribution in [2.24, 2.45) is 0 Å². The molecule has 2 heteroatoms. The molecule has 1 N–H and O–H groups in total. The fraction of sp³-hybridized carbons (Fsp3) is 0.278. The number of benzene rings is 2. The van der Waals surface area contributed by atoms with E-state index in [1.54, 1.807) is 7.05 Å². The molecule has 2 aromatic rings. The van der Waals surface area contributed by atoms with E-state index in [1.165, 1.54) is 5.56 Å². The zero-order valence-electron chi connectivity index (χ0n) is 12.3. The van der Waals surface area contributed by atoms with Crippen molar-refractivity contribution in [1.82, 2.24) is 5.32 Å². The molecule has 0 bridgehead atoms. The first-order valence-corrected chi connectivity index (χ1v) is 7.00. The molecule has 0 aliphatic rings. The molecule has 0 aliphatic heterocycles. The predicted octanol–water partition coefficient (Wildman–Crippen LogP) is 3.88. The van der Waals surface area contributed by atoms with Crippen molar-refractivity contribution in [1.29, 1.82) is 0 Å². The molecule has 0 heterocycles. The van der Waals surface area contributed by atoms with Crippen LogP contribution in [-0.4, -0.2) is 19.4 Å². The topological polar surface area (TPSA) is 29.1 Å². The minimum atomic E-state index is 0.125. The molecule has 0 unspecified atom stereocenters. The minimum absolute atomic E-state index is 0.125. The molecular weight excluding hydrogens is 246 g/mol. The molecule has 2 rings (SSSR count). The SMILES string of the molecule is CNCC(=O)c1ccc(C(C)C)c(-c2ccccc2)c1. The molecule has 0 aliphatic carbocycles. The molecule has 104 valence electrons. The van der Waals surface area contributed by atoms with E-state index in [1.807, 2.05) is 30.3 Å². The summed E-state index contributed by atoms with van der Waals surface area (Å²) in [6, 6.07) is 16.3. The molecule has 0 saturated carbocycles. The lowest BCUT2D eigenvalue weighted by Crippen LogP contribution is -2.18. The quantitative estimate of drug-likeness (QED) is 0.833. The summed E-state index contributed by atoms with van der Waals surface area (Å²) < 4.78 is 0. The summed E-state index contributed by atoms with van der Waals surface area (Å²) in [5.41, 5.74) is 4.36. The summed E-state index contributed by atoms with van der Waals surface area (Å²) in [6.07, 6.45) is 0. The third-order valence-electron chi connectivity index (χ3n) is 3.42. The van der Waals surface area contributed by atoms with E-state index in [0.29, 0.717) is 12.5 Å². The number of hydrogen-bond donors (Lipinski definition) is 1. The second-order valence-corrected chi connectivity index (χ2v) is 5.28. The molecule has 0 aromatic heterocycles. The van der Waals surface area contributed by atoms with E-state index in [9.17, 15) is 4.79 Å². The third-order valence-corrected chi connectivity index (χ3v) is 3.42. The third kappa shape index (κ3) is 3.14. The van der Waals surface area contributed by atoms with Crippen LogP contribution in [0.2, 0.25) is 0 Å². The highest BCUT2D eigenvalue weighted by molar-refractivity contribution is 5.99. The Morgan fingerprint density at radius 1 is 1.10 bits per heavy atom. The Hall–Kier alpha value is -1.93. The van der Waals surface area contributed by atoms with Crippen LogP contribution in [-0.2, 0) is 0 Å². The van der Waals surface area contributed by atoms with Crippen molar-refractivity contribution in [3.8, 4) is 11.1 Å². The number of ketones is 1. The van der Waals surface area contributed by atoms with Crippen molar-refractivity contribution < 1.29 is 4.79 Å². The van der Waals surface area contributed by atoms with E-state index < -0.39 is 0 Å². The Morgan fingerprint density at radius 3 is 2.40 bits per heavy atom. The van der Waals surface area contributed by atoms with Crippen LogP contribution in [0.25, 0.3) is 11.1 Å². The van der Waals surface area contributed by atoms with Crippen LogP contribution in [0.5, 0.6) is 0 Å². The van der Waals surface area contributed by atoms with Gasteiger partial charge in [-0.1, -0.05) is 56.3 Å². The van der Waals surface area contributed by atoms with Crippen LogP contribution in [0, 0.1) is 0 Å². The molecule has 0 amide bonds. The van der Waals surface area contributed by atoms with Gasteiger partial charge in [0.05, 0.1) is 6.54 Å². The first-order chi connectivity index (χ1) is 9.63. The molecule has 0 atom stereocenters. The lowest BCUT2D eigenvalue weighted by atomic mass is 9.90. The fourth-order valence-electron chi connectivity index (χ4n) is 2.36. The van der Waals surface area contributed by atoms with Crippen LogP contribution in [0.1, 0.15) is 35.7 Å². The maximum atomic E-state index is 12.0. The maximum absolute atomic E-state index is 12.0. The van der Waals surface area contributed by atoms with Crippen LogP contribution < -0.4 is 5.32 Å². The summed E-state index contributed by atoms with van der Waals surface area (Å²) in [4.78, 5) is 12.0. The number of carbonyl (C=O) groups excluding carboxylic acids is 1. The first-order valence-electron chi connectivity index (χ1n) is 7.00. The zero-order valence-corrected chi connectivity index (χ0v) is 12.3. The lowest BCUT2D eigenvalue weighted by molar-refractivity contribution is 0.0993. The summed E-state index contributed by atoms with van der Waals surface area (Å²) in [7, 11) is 1.79. The van der Waals surface area contributed by atoms with Gasteiger partial charge in [0.1, 0.15) is 0 Å². The molecule has 20 heavy (non-hydrogen) atoms. The van der Waals surface area contributed by atoms with Crippen LogP contribution in [0.15, 0.2) is 48.5 Å². The van der Waals surface area contributed by atoms with Crippen molar-refractivity contribution in [3.63, 3.8) is 0 Å². The van der Waals surface area contributed by atoms with Gasteiger partial charge in [0.15, 0.2) is 5.78 Å². The van der Waals surface area contributed by atoms with E-state index in [0.717, 1.165) is 16.7 Å². The van der Waals surface area contributed by atoms with E-state index in [4.69, 9.17) is 0 Å². The maximum Gasteiger partial charge on any atom is 0.176 e. The van der Waals surface area contributed by atoms with E-state index in [-0.39, 0.29) is 5.78 Å². The van der Waals surface area contributed by atoms with E-state index in [2.05, 4.69) is 37.4 Å². The molecule has 0 saturated heterocycles. The molecule has 2 aromatic carbocycles. The Labute approximate surface area is 120 Å². The van der Waals surface area contributed by atoms with Gasteiger partial charge < -0.3 is 5.32 Å². The van der Waals surface area contributed by atoms with Gasteiger partial charge in [0.25, 0.3) is 0 Å². The Morgan fingerprint density at radius 2 is 1.80 bits per heavy atom. The van der Waals surface area contributed by atoms with Crippen molar-refractivity contribution in [2.45, 2.75) is 19.8 Å². The first kappa shape index (κ1) is 14.5. The normalized spacial score (nSPS) is 10.8. The monoisotopic (exact) mass is 267 g/mol. The van der Waals surface area contributed by atoms with Crippen LogP contribution in [0.4, 0.5) is 0 Å². The number of hydrogen-bond acceptors (Lipinski definition) is 2. The molecule has 0 radical (unpaired) electrons. The largest absolute Gasteiger partial charge is 0.313 e. The summed E-state index contributed by atoms with van der Waals surface area (Å²) in [5.74, 6) is 0.554. The second-order valence-electron chi connectivity index (χ2n) is 5.28. The molecular formula is C18H21NO. The van der Waals surface area contributed by atoms with Gasteiger partial charge in [0.2, 0.25) is 0 Å². The molecule has 2 nitrogen and oxygen atoms in total. The fourth-order valence-corrected chi connectivity index (χ4v) is 2.36.